The first-order valence-corrected chi connectivity index (χ1v) is 6.97. The van der Waals surface area contributed by atoms with Gasteiger partial charge in [0.05, 0.1) is 0 Å². The van der Waals surface area contributed by atoms with Crippen LogP contribution in [0, 0.1) is 5.92 Å². The molecule has 0 spiro atoms. The van der Waals surface area contributed by atoms with Crippen molar-refractivity contribution in [3.05, 3.63) is 32.7 Å². The van der Waals surface area contributed by atoms with Gasteiger partial charge in [0.15, 0.2) is 0 Å². The molecule has 1 nitrogen and oxygen atoms in total. The van der Waals surface area contributed by atoms with E-state index in [-0.39, 0.29) is 6.04 Å². The molecule has 82 valence electrons. The molecule has 2 rings (SSSR count). The Morgan fingerprint density at radius 1 is 1.20 bits per heavy atom. The fraction of sp³-hybridized carbons (Fsp3) is 0.500. The van der Waals surface area contributed by atoms with E-state index in [4.69, 9.17) is 5.73 Å². The van der Waals surface area contributed by atoms with E-state index in [1.54, 1.807) is 0 Å². The van der Waals surface area contributed by atoms with Crippen LogP contribution >= 0.6 is 31.9 Å². The van der Waals surface area contributed by atoms with Crippen LogP contribution in [0.3, 0.4) is 0 Å². The highest BCUT2D eigenvalue weighted by Crippen LogP contribution is 2.37. The highest BCUT2D eigenvalue weighted by Gasteiger charge is 2.24. The van der Waals surface area contributed by atoms with Gasteiger partial charge in [0.2, 0.25) is 0 Å². The lowest BCUT2D eigenvalue weighted by atomic mass is 9.93. The van der Waals surface area contributed by atoms with Crippen LogP contribution in [0.5, 0.6) is 0 Å². The fourth-order valence-electron chi connectivity index (χ4n) is 2.34. The van der Waals surface area contributed by atoms with Gasteiger partial charge in [0.1, 0.15) is 0 Å². The van der Waals surface area contributed by atoms with Gasteiger partial charge in [0, 0.05) is 15.0 Å². The molecule has 1 atom stereocenters. The monoisotopic (exact) mass is 331 g/mol. The summed E-state index contributed by atoms with van der Waals surface area (Å²) in [6, 6.07) is 6.41. The maximum atomic E-state index is 6.32. The molecule has 0 radical (unpaired) electrons. The van der Waals surface area contributed by atoms with E-state index in [2.05, 4.69) is 44.0 Å². The molecule has 15 heavy (non-hydrogen) atoms. The Labute approximate surface area is 108 Å². The standard InChI is InChI=1S/C12H15Br2N/c13-9-5-6-11(14)10(7-9)12(15)8-3-1-2-4-8/h5-8,12H,1-4,15H2/t12-/m0/s1. The lowest BCUT2D eigenvalue weighted by Gasteiger charge is -2.20. The van der Waals surface area contributed by atoms with Gasteiger partial charge in [-0.15, -0.1) is 0 Å². The Hall–Kier alpha value is 0.140. The van der Waals surface area contributed by atoms with E-state index < -0.39 is 0 Å². The fourth-order valence-corrected chi connectivity index (χ4v) is 3.23. The van der Waals surface area contributed by atoms with Crippen molar-refractivity contribution in [2.75, 3.05) is 0 Å². The van der Waals surface area contributed by atoms with Gasteiger partial charge in [-0.1, -0.05) is 44.7 Å². The zero-order chi connectivity index (χ0) is 10.8. The molecule has 0 unspecified atom stereocenters. The second-order valence-electron chi connectivity index (χ2n) is 4.24. The topological polar surface area (TPSA) is 26.0 Å². The Kier molecular flexibility index (Phi) is 3.86. The number of hydrogen-bond acceptors (Lipinski definition) is 1. The quantitative estimate of drug-likeness (QED) is 0.853. The molecular weight excluding hydrogens is 318 g/mol. The molecule has 1 aromatic rings. The largest absolute Gasteiger partial charge is 0.324 e. The average Bonchev–Trinajstić information content (AvgIpc) is 2.74. The van der Waals surface area contributed by atoms with Crippen molar-refractivity contribution >= 4 is 31.9 Å². The van der Waals surface area contributed by atoms with Crippen LogP contribution in [-0.4, -0.2) is 0 Å². The smallest absolute Gasteiger partial charge is 0.0335 e. The van der Waals surface area contributed by atoms with Gasteiger partial charge >= 0.3 is 0 Å². The normalized spacial score (nSPS) is 19.4. The molecule has 0 aliphatic heterocycles. The van der Waals surface area contributed by atoms with Gasteiger partial charge in [-0.05, 0) is 42.5 Å². The zero-order valence-corrected chi connectivity index (χ0v) is 11.7. The summed E-state index contributed by atoms with van der Waals surface area (Å²) in [7, 11) is 0. The summed E-state index contributed by atoms with van der Waals surface area (Å²) in [5.41, 5.74) is 7.55. The van der Waals surface area contributed by atoms with Crippen molar-refractivity contribution in [3.8, 4) is 0 Å². The molecule has 0 aromatic heterocycles. The van der Waals surface area contributed by atoms with Gasteiger partial charge in [0.25, 0.3) is 0 Å². The molecule has 2 N–H and O–H groups in total. The average molecular weight is 333 g/mol. The number of benzene rings is 1. The molecule has 3 heteroatoms. The second-order valence-corrected chi connectivity index (χ2v) is 6.01. The molecule has 1 fully saturated rings. The first-order valence-electron chi connectivity index (χ1n) is 5.39. The predicted molar refractivity (Wildman–Crippen MR) is 70.7 cm³/mol. The molecule has 1 aromatic carbocycles. The zero-order valence-electron chi connectivity index (χ0n) is 8.55. The van der Waals surface area contributed by atoms with Crippen molar-refractivity contribution in [3.63, 3.8) is 0 Å². The van der Waals surface area contributed by atoms with Crippen LogP contribution in [0.15, 0.2) is 27.1 Å². The summed E-state index contributed by atoms with van der Waals surface area (Å²) in [6.07, 6.45) is 5.23. The summed E-state index contributed by atoms with van der Waals surface area (Å²) >= 11 is 7.07. The van der Waals surface area contributed by atoms with Crippen LogP contribution in [0.25, 0.3) is 0 Å². The van der Waals surface area contributed by atoms with Gasteiger partial charge in [-0.25, -0.2) is 0 Å². The minimum absolute atomic E-state index is 0.180. The van der Waals surface area contributed by atoms with Gasteiger partial charge < -0.3 is 5.73 Å². The molecule has 1 aliphatic carbocycles. The molecule has 0 amide bonds. The lowest BCUT2D eigenvalue weighted by Crippen LogP contribution is -2.19. The Morgan fingerprint density at radius 2 is 1.87 bits per heavy atom. The maximum absolute atomic E-state index is 6.32. The highest BCUT2D eigenvalue weighted by atomic mass is 79.9. The number of halogens is 2. The van der Waals surface area contributed by atoms with Crippen LogP contribution in [0.2, 0.25) is 0 Å². The van der Waals surface area contributed by atoms with Crippen LogP contribution in [0.4, 0.5) is 0 Å². The first kappa shape index (κ1) is 11.6. The van der Waals surface area contributed by atoms with E-state index in [1.807, 2.05) is 6.07 Å². The van der Waals surface area contributed by atoms with E-state index >= 15 is 0 Å². The van der Waals surface area contributed by atoms with E-state index in [9.17, 15) is 0 Å². The molecule has 1 saturated carbocycles. The summed E-state index contributed by atoms with van der Waals surface area (Å²) < 4.78 is 2.24. The first-order chi connectivity index (χ1) is 7.18. The molecule has 0 heterocycles. The third-order valence-corrected chi connectivity index (χ3v) is 4.44. The third-order valence-electron chi connectivity index (χ3n) is 3.22. The minimum Gasteiger partial charge on any atom is -0.324 e. The second kappa shape index (κ2) is 4.98. The Morgan fingerprint density at radius 3 is 2.53 bits per heavy atom. The molecule has 0 saturated heterocycles. The number of hydrogen-bond donors (Lipinski definition) is 1. The molecule has 1 aliphatic rings. The highest BCUT2D eigenvalue weighted by molar-refractivity contribution is 9.11. The van der Waals surface area contributed by atoms with Crippen molar-refractivity contribution < 1.29 is 0 Å². The SMILES string of the molecule is N[C@H](c1cc(Br)ccc1Br)C1CCCC1. The van der Waals surface area contributed by atoms with E-state index in [0.29, 0.717) is 5.92 Å². The van der Waals surface area contributed by atoms with Crippen molar-refractivity contribution in [1.29, 1.82) is 0 Å². The third kappa shape index (κ3) is 2.63. The Bertz CT molecular complexity index is 345. The van der Waals surface area contributed by atoms with Gasteiger partial charge in [-0.2, -0.15) is 0 Å². The van der Waals surface area contributed by atoms with Crippen LogP contribution < -0.4 is 5.73 Å². The summed E-state index contributed by atoms with van der Waals surface area (Å²) in [5.74, 6) is 0.663. The van der Waals surface area contributed by atoms with Crippen LogP contribution in [-0.2, 0) is 0 Å². The summed E-state index contributed by atoms with van der Waals surface area (Å²) in [4.78, 5) is 0. The lowest BCUT2D eigenvalue weighted by molar-refractivity contribution is 0.443. The number of nitrogens with two attached hydrogens (primary N) is 1. The molecular formula is C12H15Br2N. The van der Waals surface area contributed by atoms with E-state index in [0.717, 1.165) is 8.95 Å². The molecule has 0 bridgehead atoms. The summed E-state index contributed by atoms with van der Waals surface area (Å²) in [6.45, 7) is 0. The predicted octanol–water partition coefficient (Wildman–Crippen LogP) is 4.40. The minimum atomic E-state index is 0.180. The van der Waals surface area contributed by atoms with Crippen LogP contribution in [0.1, 0.15) is 37.3 Å². The van der Waals surface area contributed by atoms with E-state index in [1.165, 1.54) is 31.2 Å². The van der Waals surface area contributed by atoms with Crippen molar-refractivity contribution in [1.82, 2.24) is 0 Å². The summed E-state index contributed by atoms with van der Waals surface area (Å²) in [5, 5.41) is 0. The number of rotatable bonds is 2. The maximum Gasteiger partial charge on any atom is 0.0335 e. The van der Waals surface area contributed by atoms with Gasteiger partial charge in [-0.3, -0.25) is 0 Å². The Balaban J connectivity index is 2.23. The van der Waals surface area contributed by atoms with Crippen molar-refractivity contribution in [2.24, 2.45) is 11.7 Å². The van der Waals surface area contributed by atoms with Crippen molar-refractivity contribution in [2.45, 2.75) is 31.7 Å².